The van der Waals surface area contributed by atoms with Crippen molar-refractivity contribution in [3.63, 3.8) is 0 Å². The van der Waals surface area contributed by atoms with Crippen LogP contribution >= 0.6 is 11.3 Å². The number of hydrogen-bond acceptors (Lipinski definition) is 7. The van der Waals surface area contributed by atoms with E-state index in [1.165, 1.54) is 28.5 Å². The summed E-state index contributed by atoms with van der Waals surface area (Å²) >= 11 is 1.21. The lowest BCUT2D eigenvalue weighted by Crippen LogP contribution is -2.65. The second-order valence-electron chi connectivity index (χ2n) is 10.7. The fourth-order valence-electron chi connectivity index (χ4n) is 5.64. The normalized spacial score (nSPS) is 12.0. The number of aromatic hydroxyl groups is 1. The van der Waals surface area contributed by atoms with Crippen molar-refractivity contribution < 1.29 is 19.4 Å². The van der Waals surface area contributed by atoms with Crippen molar-refractivity contribution >= 4 is 46.3 Å². The highest BCUT2D eigenvalue weighted by Gasteiger charge is 2.49. The number of fused-ring (bicyclic) bond motifs is 1. The second-order valence-corrected chi connectivity index (χ2v) is 15.4. The van der Waals surface area contributed by atoms with Crippen LogP contribution in [0.15, 0.2) is 95.2 Å². The Bertz CT molecular complexity index is 1710. The van der Waals surface area contributed by atoms with Crippen molar-refractivity contribution in [2.75, 3.05) is 7.11 Å². The topological polar surface area (TPSA) is 102 Å². The predicted molar refractivity (Wildman–Crippen MR) is 165 cm³/mol. The van der Waals surface area contributed by atoms with E-state index >= 15 is 0 Å². The zero-order chi connectivity index (χ0) is 29.2. The molecular weight excluding hydrogens is 553 g/mol. The minimum atomic E-state index is -3.15. The quantitative estimate of drug-likeness (QED) is 0.191. The minimum Gasteiger partial charge on any atom is -0.505 e. The Balaban J connectivity index is 1.50. The van der Waals surface area contributed by atoms with Crippen molar-refractivity contribution in [3.05, 3.63) is 112 Å². The van der Waals surface area contributed by atoms with Gasteiger partial charge in [-0.25, -0.2) is 9.78 Å². The predicted octanol–water partition coefficient (Wildman–Crippen LogP) is 4.79. The summed E-state index contributed by atoms with van der Waals surface area (Å²) in [5, 5.41) is 12.2. The van der Waals surface area contributed by atoms with Crippen molar-refractivity contribution in [3.8, 4) is 11.4 Å². The van der Waals surface area contributed by atoms with E-state index in [0.717, 1.165) is 28.8 Å². The summed E-state index contributed by atoms with van der Waals surface area (Å²) < 4.78 is 6.24. The van der Waals surface area contributed by atoms with E-state index in [-0.39, 0.29) is 5.52 Å². The average molecular weight is 585 g/mol. The number of hydrogen-bond donors (Lipinski definition) is 2. The van der Waals surface area contributed by atoms with E-state index in [1.54, 1.807) is 0 Å². The molecule has 0 spiro atoms. The summed E-state index contributed by atoms with van der Waals surface area (Å²) in [5.74, 6) is -1.39. The molecule has 2 aromatic heterocycles. The fourth-order valence-corrected chi connectivity index (χ4v) is 10.2. The van der Waals surface area contributed by atoms with Gasteiger partial charge in [0.1, 0.15) is 10.3 Å². The van der Waals surface area contributed by atoms with Crippen LogP contribution in [-0.4, -0.2) is 40.8 Å². The number of thiazole rings is 1. The minimum absolute atomic E-state index is 0.174. The van der Waals surface area contributed by atoms with Crippen LogP contribution < -0.4 is 15.9 Å². The van der Waals surface area contributed by atoms with Gasteiger partial charge in [0.25, 0.3) is 13.9 Å². The number of nitrogens with zero attached hydrogens (tertiary/aromatic N) is 2. The molecule has 5 rings (SSSR count). The molecule has 0 bridgehead atoms. The van der Waals surface area contributed by atoms with Crippen molar-refractivity contribution in [2.45, 2.75) is 38.1 Å². The van der Waals surface area contributed by atoms with Gasteiger partial charge in [-0.1, -0.05) is 92.7 Å². The maximum Gasteiger partial charge on any atom is 0.347 e. The van der Waals surface area contributed by atoms with Gasteiger partial charge in [-0.15, -0.1) is 11.3 Å². The fraction of sp³-hybridized carbons (Fsp3) is 0.219. The summed E-state index contributed by atoms with van der Waals surface area (Å²) in [6.45, 7) is 4.28. The highest BCUT2D eigenvalue weighted by molar-refractivity contribution is 7.16. The Morgan fingerprint density at radius 3 is 2.17 bits per heavy atom. The molecule has 2 N–H and O–H groups in total. The Labute approximate surface area is 243 Å². The molecule has 0 aliphatic heterocycles. The molecule has 0 unspecified atom stereocenters. The summed E-state index contributed by atoms with van der Waals surface area (Å²) in [5.41, 5.74) is 2.13. The van der Waals surface area contributed by atoms with Crippen LogP contribution in [0.25, 0.3) is 16.0 Å². The number of rotatable bonds is 9. The molecule has 2 heterocycles. The Morgan fingerprint density at radius 2 is 1.56 bits per heavy atom. The maximum atomic E-state index is 13.6. The molecule has 9 heteroatoms. The number of methoxy groups -OCH3 is 1. The van der Waals surface area contributed by atoms with Crippen molar-refractivity contribution in [2.24, 2.45) is 0 Å². The number of pyridine rings is 1. The number of aryl methyl sites for hydroxylation is 1. The van der Waals surface area contributed by atoms with Crippen LogP contribution in [0.1, 0.15) is 42.6 Å². The Hall–Kier alpha value is -4.05. The molecule has 0 aliphatic carbocycles. The molecule has 0 atom stereocenters. The monoisotopic (exact) mass is 584 g/mol. The first-order chi connectivity index (χ1) is 19.7. The molecule has 0 saturated heterocycles. The van der Waals surface area contributed by atoms with Gasteiger partial charge in [0.05, 0.1) is 18.3 Å². The molecule has 0 aliphatic rings. The highest BCUT2D eigenvalue weighted by atomic mass is 32.1. The van der Waals surface area contributed by atoms with E-state index in [4.69, 9.17) is 4.74 Å². The standard InChI is InChI=1S/C32H32N2O5SSi/c1-32(2,41(38,23-15-6-4-7-16-23)24-17-8-5-9-18-24)20-12-14-22-13-10-11-19-25(22)34-29(36)26(31(37)39-3)28(35)27-30(34)40-21-33-27/h4-11,13,15-19,21,35,38H,12,14,20H2,1-3H3. The van der Waals surface area contributed by atoms with Crippen LogP contribution in [0, 0.1) is 0 Å². The van der Waals surface area contributed by atoms with E-state index in [0.29, 0.717) is 16.9 Å². The van der Waals surface area contributed by atoms with Crippen LogP contribution in [-0.2, 0) is 11.2 Å². The molecule has 0 amide bonds. The molecule has 3 aromatic carbocycles. The summed E-state index contributed by atoms with van der Waals surface area (Å²) in [6, 6.07) is 27.4. The third kappa shape index (κ3) is 5.01. The zero-order valence-corrected chi connectivity index (χ0v) is 25.0. The average Bonchev–Trinajstić information content (AvgIpc) is 3.48. The lowest BCUT2D eigenvalue weighted by Gasteiger charge is -2.41. The lowest BCUT2D eigenvalue weighted by molar-refractivity contribution is 0.0595. The first-order valence-electron chi connectivity index (χ1n) is 13.4. The Morgan fingerprint density at radius 1 is 0.976 bits per heavy atom. The SMILES string of the molecule is COC(=O)c1c(O)c2ncsc2n(-c2ccccc2CCCC(C)(C)[Si](O)(c2ccccc2)c2ccccc2)c1=O. The molecule has 0 radical (unpaired) electrons. The largest absolute Gasteiger partial charge is 0.505 e. The van der Waals surface area contributed by atoms with E-state index in [2.05, 4.69) is 18.8 Å². The van der Waals surface area contributed by atoms with Crippen molar-refractivity contribution in [1.82, 2.24) is 9.55 Å². The summed E-state index contributed by atoms with van der Waals surface area (Å²) in [4.78, 5) is 43.2. The third-order valence-corrected chi connectivity index (χ3v) is 13.2. The third-order valence-electron chi connectivity index (χ3n) is 7.86. The van der Waals surface area contributed by atoms with Gasteiger partial charge in [0, 0.05) is 0 Å². The molecule has 41 heavy (non-hydrogen) atoms. The van der Waals surface area contributed by atoms with Gasteiger partial charge in [0.15, 0.2) is 11.3 Å². The van der Waals surface area contributed by atoms with E-state index in [1.807, 2.05) is 84.9 Å². The van der Waals surface area contributed by atoms with Crippen LogP contribution in [0.4, 0.5) is 0 Å². The van der Waals surface area contributed by atoms with Gasteiger partial charge >= 0.3 is 5.97 Å². The van der Waals surface area contributed by atoms with Gasteiger partial charge in [-0.05, 0) is 46.3 Å². The van der Waals surface area contributed by atoms with Gasteiger partial charge in [-0.3, -0.25) is 9.36 Å². The number of benzene rings is 3. The zero-order valence-electron chi connectivity index (χ0n) is 23.2. The number of ether oxygens (including phenoxy) is 1. The number of aromatic nitrogens is 2. The molecular formula is C32H32N2O5SSi. The smallest absolute Gasteiger partial charge is 0.347 e. The first-order valence-corrected chi connectivity index (χ1v) is 16.2. The molecule has 210 valence electrons. The van der Waals surface area contributed by atoms with Crippen LogP contribution in [0.5, 0.6) is 5.75 Å². The Kier molecular flexibility index (Phi) is 7.95. The van der Waals surface area contributed by atoms with E-state index < -0.39 is 36.2 Å². The van der Waals surface area contributed by atoms with Gasteiger partial charge in [0.2, 0.25) is 0 Å². The number of para-hydroxylation sites is 1. The maximum absolute atomic E-state index is 13.6. The summed E-state index contributed by atoms with van der Waals surface area (Å²) in [7, 11) is -1.98. The highest BCUT2D eigenvalue weighted by Crippen LogP contribution is 2.40. The van der Waals surface area contributed by atoms with Gasteiger partial charge in [-0.2, -0.15) is 0 Å². The number of carbonyl (C=O) groups excluding carboxylic acids is 1. The molecule has 0 fully saturated rings. The van der Waals surface area contributed by atoms with Crippen LogP contribution in [0.3, 0.4) is 0 Å². The molecule has 0 saturated carbocycles. The lowest BCUT2D eigenvalue weighted by atomic mass is 10.00. The molecule has 7 nitrogen and oxygen atoms in total. The van der Waals surface area contributed by atoms with Crippen molar-refractivity contribution in [1.29, 1.82) is 0 Å². The van der Waals surface area contributed by atoms with Crippen LogP contribution in [0.2, 0.25) is 5.04 Å². The first kappa shape index (κ1) is 28.5. The van der Waals surface area contributed by atoms with E-state index in [9.17, 15) is 19.5 Å². The van der Waals surface area contributed by atoms with Gasteiger partial charge < -0.3 is 14.6 Å². The second kappa shape index (κ2) is 11.4. The molecule has 5 aromatic rings. The number of esters is 1. The number of carbonyl (C=O) groups is 1. The summed E-state index contributed by atoms with van der Waals surface area (Å²) in [6.07, 6.45) is 2.12.